The van der Waals surface area contributed by atoms with Gasteiger partial charge in [0.05, 0.1) is 10.8 Å². The lowest BCUT2D eigenvalue weighted by Crippen LogP contribution is -2.14. The highest BCUT2D eigenvalue weighted by Gasteiger charge is 2.62. The molecule has 1 aliphatic carbocycles. The summed E-state index contributed by atoms with van der Waals surface area (Å²) in [7, 11) is 0. The summed E-state index contributed by atoms with van der Waals surface area (Å²) in [6.45, 7) is 3.94. The molecule has 5 nitrogen and oxygen atoms in total. The molecule has 0 unspecified atom stereocenters. The van der Waals surface area contributed by atoms with E-state index in [2.05, 4.69) is 12.1 Å². The summed E-state index contributed by atoms with van der Waals surface area (Å²) in [5.74, 6) is 0.203. The van der Waals surface area contributed by atoms with Gasteiger partial charge in [-0.1, -0.05) is 80.2 Å². The molecule has 4 rings (SSSR count). The molecule has 0 heterocycles. The fourth-order valence-corrected chi connectivity index (χ4v) is 4.84. The van der Waals surface area contributed by atoms with Crippen LogP contribution >= 0.6 is 11.8 Å². The SMILES string of the molecule is CC1(C)[C@H](C(=O)O[C@H](C#N)c2cccc(Oc3ccccc3)c2)[C@@H]1/C=C(\C#N)Sc1ccccc1. The Bertz CT molecular complexity index is 1310. The van der Waals surface area contributed by atoms with E-state index < -0.39 is 18.0 Å². The van der Waals surface area contributed by atoms with E-state index in [1.165, 1.54) is 11.8 Å². The first-order chi connectivity index (χ1) is 16.9. The number of carbonyl (C=O) groups excluding carboxylic acids is 1. The average Bonchev–Trinajstić information content (AvgIpc) is 3.42. The van der Waals surface area contributed by atoms with Gasteiger partial charge in [0, 0.05) is 10.5 Å². The lowest BCUT2D eigenvalue weighted by molar-refractivity contribution is -0.149. The molecule has 3 atom stereocenters. The second-order valence-corrected chi connectivity index (χ2v) is 9.93. The van der Waals surface area contributed by atoms with E-state index >= 15 is 0 Å². The van der Waals surface area contributed by atoms with Crippen LogP contribution in [0, 0.1) is 39.9 Å². The van der Waals surface area contributed by atoms with Crippen molar-refractivity contribution in [3.63, 3.8) is 0 Å². The van der Waals surface area contributed by atoms with Crippen LogP contribution in [0.5, 0.6) is 11.5 Å². The molecule has 3 aromatic carbocycles. The monoisotopic (exact) mass is 480 g/mol. The van der Waals surface area contributed by atoms with E-state index in [1.54, 1.807) is 24.3 Å². The average molecular weight is 481 g/mol. The second-order valence-electron chi connectivity index (χ2n) is 8.82. The zero-order valence-corrected chi connectivity index (χ0v) is 20.2. The minimum absolute atomic E-state index is 0.145. The number of thioether (sulfide) groups is 1. The van der Waals surface area contributed by atoms with Crippen molar-refractivity contribution < 1.29 is 14.3 Å². The number of hydrogen-bond acceptors (Lipinski definition) is 6. The number of nitrogens with zero attached hydrogens (tertiary/aromatic N) is 2. The summed E-state index contributed by atoms with van der Waals surface area (Å²) < 4.78 is 11.5. The van der Waals surface area contributed by atoms with Crippen molar-refractivity contribution in [3.8, 4) is 23.6 Å². The molecular weight excluding hydrogens is 456 g/mol. The molecule has 35 heavy (non-hydrogen) atoms. The number of rotatable bonds is 8. The highest BCUT2D eigenvalue weighted by atomic mass is 32.2. The van der Waals surface area contributed by atoms with Gasteiger partial charge in [-0.15, -0.1) is 0 Å². The Hall–Kier alpha value is -4.00. The van der Waals surface area contributed by atoms with Crippen molar-refractivity contribution >= 4 is 17.7 Å². The van der Waals surface area contributed by atoms with Crippen LogP contribution in [0.25, 0.3) is 0 Å². The minimum Gasteiger partial charge on any atom is -0.457 e. The highest BCUT2D eigenvalue weighted by molar-refractivity contribution is 8.03. The van der Waals surface area contributed by atoms with Gasteiger partial charge in [0.25, 0.3) is 0 Å². The maximum Gasteiger partial charge on any atom is 0.311 e. The van der Waals surface area contributed by atoms with Gasteiger partial charge in [0.2, 0.25) is 6.10 Å². The first-order valence-corrected chi connectivity index (χ1v) is 12.0. The van der Waals surface area contributed by atoms with Crippen molar-refractivity contribution in [3.05, 3.63) is 101 Å². The molecule has 1 saturated carbocycles. The molecule has 1 fully saturated rings. The Balaban J connectivity index is 1.45. The molecule has 0 bridgehead atoms. The Morgan fingerprint density at radius 1 is 0.971 bits per heavy atom. The Labute approximate surface area is 209 Å². The molecule has 0 amide bonds. The number of benzene rings is 3. The van der Waals surface area contributed by atoms with E-state index in [4.69, 9.17) is 9.47 Å². The molecule has 0 saturated heterocycles. The summed E-state index contributed by atoms with van der Waals surface area (Å²) in [4.78, 5) is 14.5. The van der Waals surface area contributed by atoms with Crippen LogP contribution in [-0.4, -0.2) is 5.97 Å². The van der Waals surface area contributed by atoms with E-state index in [0.29, 0.717) is 22.0 Å². The van der Waals surface area contributed by atoms with Crippen molar-refractivity contribution in [1.82, 2.24) is 0 Å². The quantitative estimate of drug-likeness (QED) is 0.195. The predicted molar refractivity (Wildman–Crippen MR) is 134 cm³/mol. The fraction of sp³-hybridized carbons (Fsp3) is 0.207. The van der Waals surface area contributed by atoms with Crippen LogP contribution in [0.15, 0.2) is 101 Å². The number of allylic oxidation sites excluding steroid dienone is 2. The third-order valence-electron chi connectivity index (χ3n) is 6.07. The molecule has 6 heteroatoms. The van der Waals surface area contributed by atoms with Gasteiger partial charge >= 0.3 is 5.97 Å². The van der Waals surface area contributed by atoms with E-state index in [0.717, 1.165) is 4.90 Å². The first kappa shape index (κ1) is 24.1. The number of nitriles is 2. The van der Waals surface area contributed by atoms with Crippen molar-refractivity contribution in [2.75, 3.05) is 0 Å². The minimum atomic E-state index is -1.06. The van der Waals surface area contributed by atoms with Gasteiger partial charge in [-0.05, 0) is 47.7 Å². The number of esters is 1. The predicted octanol–water partition coefficient (Wildman–Crippen LogP) is 7.06. The Kier molecular flexibility index (Phi) is 7.25. The zero-order chi connectivity index (χ0) is 24.8. The molecule has 3 aromatic rings. The maximum absolute atomic E-state index is 13.1. The van der Waals surface area contributed by atoms with E-state index in [-0.39, 0.29) is 11.3 Å². The smallest absolute Gasteiger partial charge is 0.311 e. The topological polar surface area (TPSA) is 83.1 Å². The molecule has 0 radical (unpaired) electrons. The lowest BCUT2D eigenvalue weighted by Gasteiger charge is -2.13. The zero-order valence-electron chi connectivity index (χ0n) is 19.4. The molecule has 0 aromatic heterocycles. The van der Waals surface area contributed by atoms with E-state index in [9.17, 15) is 15.3 Å². The summed E-state index contributed by atoms with van der Waals surface area (Å²) in [6, 6.07) is 30.2. The fourth-order valence-electron chi connectivity index (χ4n) is 4.04. The van der Waals surface area contributed by atoms with Gasteiger partial charge in [-0.2, -0.15) is 10.5 Å². The standard InChI is InChI=1S/C29H24N2O3S/c1-29(2)25(17-24(18-30)35-23-14-7-4-8-15-23)27(29)28(32)34-26(19-31)20-10-9-13-22(16-20)33-21-11-5-3-6-12-21/h3-17,25-27H,1-2H3/b24-17+/t25-,26+,27-/m0/s1. The Morgan fingerprint density at radius 3 is 2.29 bits per heavy atom. The third kappa shape index (κ3) is 5.74. The lowest BCUT2D eigenvalue weighted by atomic mass is 10.1. The molecule has 0 aliphatic heterocycles. The second kappa shape index (κ2) is 10.5. The molecule has 0 spiro atoms. The number of hydrogen-bond donors (Lipinski definition) is 0. The highest BCUT2D eigenvalue weighted by Crippen LogP contribution is 2.60. The van der Waals surface area contributed by atoms with Crippen LogP contribution in [0.1, 0.15) is 25.5 Å². The Morgan fingerprint density at radius 2 is 1.63 bits per heavy atom. The first-order valence-electron chi connectivity index (χ1n) is 11.2. The summed E-state index contributed by atoms with van der Waals surface area (Å²) >= 11 is 1.37. The molecule has 0 N–H and O–H groups in total. The van der Waals surface area contributed by atoms with Crippen LogP contribution in [0.3, 0.4) is 0 Å². The number of carbonyl (C=O) groups is 1. The normalized spacial score (nSPS) is 19.0. The number of para-hydroxylation sites is 1. The maximum atomic E-state index is 13.1. The molecule has 174 valence electrons. The van der Waals surface area contributed by atoms with Crippen molar-refractivity contribution in [2.45, 2.75) is 24.8 Å². The number of ether oxygens (including phenoxy) is 2. The summed E-state index contributed by atoms with van der Waals surface area (Å²) in [5, 5.41) is 19.3. The van der Waals surface area contributed by atoms with Crippen LogP contribution in [0.2, 0.25) is 0 Å². The van der Waals surface area contributed by atoms with Gasteiger partial charge in [0.1, 0.15) is 23.6 Å². The molecular formula is C29H24N2O3S. The van der Waals surface area contributed by atoms with Gasteiger partial charge in [-0.25, -0.2) is 0 Å². The van der Waals surface area contributed by atoms with E-state index in [1.807, 2.05) is 80.6 Å². The van der Waals surface area contributed by atoms with Crippen LogP contribution in [0.4, 0.5) is 0 Å². The van der Waals surface area contributed by atoms with Crippen LogP contribution < -0.4 is 4.74 Å². The summed E-state index contributed by atoms with van der Waals surface area (Å²) in [5.41, 5.74) is 0.173. The van der Waals surface area contributed by atoms with Gasteiger partial charge in [-0.3, -0.25) is 4.79 Å². The van der Waals surface area contributed by atoms with Gasteiger partial charge < -0.3 is 9.47 Å². The summed E-state index contributed by atoms with van der Waals surface area (Å²) in [6.07, 6.45) is 0.788. The third-order valence-corrected chi connectivity index (χ3v) is 7.02. The van der Waals surface area contributed by atoms with Crippen molar-refractivity contribution in [2.24, 2.45) is 17.3 Å². The van der Waals surface area contributed by atoms with Crippen molar-refractivity contribution in [1.29, 1.82) is 10.5 Å². The molecule has 1 aliphatic rings. The van der Waals surface area contributed by atoms with Crippen LogP contribution in [-0.2, 0) is 9.53 Å². The largest absolute Gasteiger partial charge is 0.457 e. The van der Waals surface area contributed by atoms with Gasteiger partial charge in [0.15, 0.2) is 0 Å².